The van der Waals surface area contributed by atoms with Crippen LogP contribution < -0.4 is 4.74 Å². The minimum absolute atomic E-state index is 0.429. The second-order valence-electron chi connectivity index (χ2n) is 3.88. The van der Waals surface area contributed by atoms with Crippen molar-refractivity contribution >= 4 is 6.16 Å². The molecule has 1 N–H and O–H groups in total. The number of para-hydroxylation sites is 1. The van der Waals surface area contributed by atoms with Crippen LogP contribution in [0.3, 0.4) is 0 Å². The molecule has 0 heterocycles. The zero-order chi connectivity index (χ0) is 13.0. The van der Waals surface area contributed by atoms with Crippen LogP contribution in [0.2, 0.25) is 0 Å². The van der Waals surface area contributed by atoms with Crippen LogP contribution in [-0.2, 0) is 6.42 Å². The minimum Gasteiger partial charge on any atom is -0.449 e. The molecule has 2 aromatic carbocycles. The molecular weight excluding hydrogens is 228 g/mol. The van der Waals surface area contributed by atoms with Crippen LogP contribution in [0.1, 0.15) is 12.5 Å². The van der Waals surface area contributed by atoms with E-state index in [2.05, 4.69) is 0 Å². The molecule has 2 aromatic rings. The lowest BCUT2D eigenvalue weighted by Crippen LogP contribution is -2.06. The fourth-order valence-electron chi connectivity index (χ4n) is 1.92. The highest BCUT2D eigenvalue weighted by molar-refractivity contribution is 5.75. The summed E-state index contributed by atoms with van der Waals surface area (Å²) in [6.45, 7) is 1.97. The smallest absolute Gasteiger partial charge is 0.449 e. The van der Waals surface area contributed by atoms with Crippen molar-refractivity contribution in [3.05, 3.63) is 54.1 Å². The molecule has 3 heteroatoms. The van der Waals surface area contributed by atoms with Crippen LogP contribution in [0.4, 0.5) is 4.79 Å². The van der Waals surface area contributed by atoms with Gasteiger partial charge in [-0.2, -0.15) is 0 Å². The van der Waals surface area contributed by atoms with Gasteiger partial charge in [0.05, 0.1) is 0 Å². The number of hydrogen-bond donors (Lipinski definition) is 1. The first-order valence-corrected chi connectivity index (χ1v) is 5.80. The molecule has 0 aliphatic heterocycles. The maximum Gasteiger partial charge on any atom is 0.511 e. The van der Waals surface area contributed by atoms with Gasteiger partial charge < -0.3 is 9.84 Å². The molecule has 0 unspecified atom stereocenters. The van der Waals surface area contributed by atoms with Crippen LogP contribution in [0.15, 0.2) is 48.5 Å². The third-order valence-electron chi connectivity index (χ3n) is 2.75. The van der Waals surface area contributed by atoms with Gasteiger partial charge in [-0.05, 0) is 17.5 Å². The van der Waals surface area contributed by atoms with Gasteiger partial charge in [0, 0.05) is 5.56 Å². The first-order chi connectivity index (χ1) is 8.72. The van der Waals surface area contributed by atoms with Crippen LogP contribution >= 0.6 is 0 Å². The van der Waals surface area contributed by atoms with Gasteiger partial charge >= 0.3 is 6.16 Å². The van der Waals surface area contributed by atoms with Crippen molar-refractivity contribution in [1.29, 1.82) is 0 Å². The lowest BCUT2D eigenvalue weighted by atomic mass is 10.0. The Morgan fingerprint density at radius 2 is 1.83 bits per heavy atom. The first kappa shape index (κ1) is 12.2. The summed E-state index contributed by atoms with van der Waals surface area (Å²) in [5.41, 5.74) is 2.64. The molecule has 0 atom stereocenters. The normalized spacial score (nSPS) is 10.1. The number of carbonyl (C=O) groups is 1. The van der Waals surface area contributed by atoms with Gasteiger partial charge in [-0.15, -0.1) is 0 Å². The van der Waals surface area contributed by atoms with E-state index in [1.54, 1.807) is 0 Å². The van der Waals surface area contributed by atoms with Gasteiger partial charge in [0.25, 0.3) is 0 Å². The highest BCUT2D eigenvalue weighted by Crippen LogP contribution is 2.33. The molecule has 2 rings (SSSR count). The molecule has 0 aliphatic rings. The van der Waals surface area contributed by atoms with E-state index in [1.807, 2.05) is 55.5 Å². The fourth-order valence-corrected chi connectivity index (χ4v) is 1.92. The Morgan fingerprint density at radius 1 is 1.11 bits per heavy atom. The highest BCUT2D eigenvalue weighted by Gasteiger charge is 2.13. The SMILES string of the molecule is CCc1cccc(-c2ccccc2)c1OC(=O)O. The maximum absolute atomic E-state index is 10.8. The standard InChI is InChI=1S/C15H14O3/c1-2-11-9-6-10-13(14(11)18-15(16)17)12-7-4-3-5-8-12/h3-10H,2H2,1H3,(H,16,17). The molecule has 0 radical (unpaired) electrons. The van der Waals surface area contributed by atoms with E-state index in [0.717, 1.165) is 23.1 Å². The van der Waals surface area contributed by atoms with Crippen molar-refractivity contribution in [1.82, 2.24) is 0 Å². The van der Waals surface area contributed by atoms with Crippen molar-refractivity contribution in [2.75, 3.05) is 0 Å². The van der Waals surface area contributed by atoms with E-state index in [4.69, 9.17) is 9.84 Å². The molecule has 0 bridgehead atoms. The summed E-state index contributed by atoms with van der Waals surface area (Å²) in [7, 11) is 0. The Hall–Kier alpha value is -2.29. The van der Waals surface area contributed by atoms with Gasteiger partial charge in [0.1, 0.15) is 5.75 Å². The summed E-state index contributed by atoms with van der Waals surface area (Å²) < 4.78 is 4.94. The van der Waals surface area contributed by atoms with Gasteiger partial charge in [0.15, 0.2) is 0 Å². The third-order valence-corrected chi connectivity index (χ3v) is 2.75. The topological polar surface area (TPSA) is 46.5 Å². The van der Waals surface area contributed by atoms with Crippen molar-refractivity contribution in [2.45, 2.75) is 13.3 Å². The number of aryl methyl sites for hydroxylation is 1. The van der Waals surface area contributed by atoms with Crippen molar-refractivity contribution < 1.29 is 14.6 Å². The average molecular weight is 242 g/mol. The number of rotatable bonds is 3. The summed E-state index contributed by atoms with van der Waals surface area (Å²) >= 11 is 0. The number of carboxylic acid groups (broad SMARTS) is 1. The molecule has 0 amide bonds. The number of benzene rings is 2. The van der Waals surface area contributed by atoms with Gasteiger partial charge in [-0.1, -0.05) is 55.5 Å². The lowest BCUT2D eigenvalue weighted by Gasteiger charge is -2.12. The Bertz CT molecular complexity index is 547. The van der Waals surface area contributed by atoms with Crippen molar-refractivity contribution in [2.24, 2.45) is 0 Å². The minimum atomic E-state index is -1.28. The van der Waals surface area contributed by atoms with Crippen LogP contribution in [0.25, 0.3) is 11.1 Å². The van der Waals surface area contributed by atoms with Crippen molar-refractivity contribution in [3.8, 4) is 16.9 Å². The molecule has 0 saturated carbocycles. The summed E-state index contributed by atoms with van der Waals surface area (Å²) in [6, 6.07) is 15.3. The molecule has 0 saturated heterocycles. The van der Waals surface area contributed by atoms with Crippen LogP contribution in [0.5, 0.6) is 5.75 Å². The molecule has 0 spiro atoms. The molecule has 0 aliphatic carbocycles. The fraction of sp³-hybridized carbons (Fsp3) is 0.133. The van der Waals surface area contributed by atoms with Crippen molar-refractivity contribution in [3.63, 3.8) is 0 Å². The molecule has 0 aromatic heterocycles. The zero-order valence-corrected chi connectivity index (χ0v) is 10.1. The van der Waals surface area contributed by atoms with Gasteiger partial charge in [0.2, 0.25) is 0 Å². The van der Waals surface area contributed by atoms with Crippen LogP contribution in [-0.4, -0.2) is 11.3 Å². The molecular formula is C15H14O3. The van der Waals surface area contributed by atoms with E-state index in [0.29, 0.717) is 5.75 Å². The summed E-state index contributed by atoms with van der Waals surface area (Å²) in [5, 5.41) is 8.84. The lowest BCUT2D eigenvalue weighted by molar-refractivity contribution is 0.144. The Kier molecular flexibility index (Phi) is 3.63. The Balaban J connectivity index is 2.56. The van der Waals surface area contributed by atoms with E-state index in [1.165, 1.54) is 0 Å². The van der Waals surface area contributed by atoms with Crippen LogP contribution in [0, 0.1) is 0 Å². The quantitative estimate of drug-likeness (QED) is 0.654. The monoisotopic (exact) mass is 242 g/mol. The predicted molar refractivity (Wildman–Crippen MR) is 69.9 cm³/mol. The summed E-state index contributed by atoms with van der Waals surface area (Å²) in [5.74, 6) is 0.429. The summed E-state index contributed by atoms with van der Waals surface area (Å²) in [4.78, 5) is 10.8. The van der Waals surface area contributed by atoms with Gasteiger partial charge in [-0.3, -0.25) is 0 Å². The Labute approximate surface area is 106 Å². The zero-order valence-electron chi connectivity index (χ0n) is 10.1. The Morgan fingerprint density at radius 3 is 2.44 bits per heavy atom. The molecule has 0 fully saturated rings. The number of ether oxygens (including phenoxy) is 1. The van der Waals surface area contributed by atoms with E-state index in [9.17, 15) is 4.79 Å². The maximum atomic E-state index is 10.8. The molecule has 18 heavy (non-hydrogen) atoms. The number of hydrogen-bond acceptors (Lipinski definition) is 2. The van der Waals surface area contributed by atoms with E-state index >= 15 is 0 Å². The third kappa shape index (κ3) is 2.51. The first-order valence-electron chi connectivity index (χ1n) is 5.80. The largest absolute Gasteiger partial charge is 0.511 e. The second kappa shape index (κ2) is 5.36. The second-order valence-corrected chi connectivity index (χ2v) is 3.88. The molecule has 92 valence electrons. The average Bonchev–Trinajstić information content (AvgIpc) is 2.39. The van der Waals surface area contributed by atoms with Gasteiger partial charge in [-0.25, -0.2) is 4.79 Å². The molecule has 3 nitrogen and oxygen atoms in total. The predicted octanol–water partition coefficient (Wildman–Crippen LogP) is 3.97. The van der Waals surface area contributed by atoms with E-state index < -0.39 is 6.16 Å². The highest BCUT2D eigenvalue weighted by atomic mass is 16.7. The van der Waals surface area contributed by atoms with E-state index in [-0.39, 0.29) is 0 Å². The summed E-state index contributed by atoms with van der Waals surface area (Å²) in [6.07, 6.45) is -0.559.